The number of alkyl halides is 3. The number of aliphatic hydroxyl groups is 1. The maximum Gasteiger partial charge on any atom is 0.573 e. The Bertz CT molecular complexity index is 1250. The minimum atomic E-state index is -4.84. The second kappa shape index (κ2) is 13.0. The van der Waals surface area contributed by atoms with Crippen LogP contribution in [0.3, 0.4) is 0 Å². The van der Waals surface area contributed by atoms with E-state index in [-0.39, 0.29) is 31.8 Å². The summed E-state index contributed by atoms with van der Waals surface area (Å²) < 4.78 is 47.5. The standard InChI is InChI=1S/C21H20F3N5O5.CH2O2/c1-2-17(31)27-10-15-19-14(16(30)11-33-18(32)9-25)7-8-26-20(19)29(28-15)12-3-5-13(6-4-12)34-21(22,23)24;2-1-3/h2-8,16,30H,1,9-11,25H2,(H,27,31);1H,(H,2,3)/t16-;/m1./s1. The van der Waals surface area contributed by atoms with E-state index in [9.17, 15) is 27.9 Å². The van der Waals surface area contributed by atoms with Gasteiger partial charge in [-0.2, -0.15) is 5.10 Å². The lowest BCUT2D eigenvalue weighted by molar-refractivity contribution is -0.274. The highest BCUT2D eigenvalue weighted by Crippen LogP contribution is 2.30. The zero-order valence-electron chi connectivity index (χ0n) is 19.0. The first kappa shape index (κ1) is 28.7. The van der Waals surface area contributed by atoms with Gasteiger partial charge >= 0.3 is 12.3 Å². The molecule has 0 aliphatic carbocycles. The number of nitrogens with zero attached hydrogens (tertiary/aromatic N) is 3. The van der Waals surface area contributed by atoms with Gasteiger partial charge in [0, 0.05) is 6.20 Å². The minimum Gasteiger partial charge on any atom is -0.483 e. The third kappa shape index (κ3) is 8.01. The van der Waals surface area contributed by atoms with Crippen LogP contribution in [0, 0.1) is 0 Å². The van der Waals surface area contributed by atoms with Gasteiger partial charge in [0.15, 0.2) is 5.65 Å². The number of halogens is 3. The summed E-state index contributed by atoms with van der Waals surface area (Å²) in [5.74, 6) is -1.60. The molecule has 0 spiro atoms. The minimum absolute atomic E-state index is 0.0718. The SMILES string of the molecule is C=CC(=O)NCc1nn(-c2ccc(OC(F)(F)F)cc2)c2nccc([C@H](O)COC(=O)CN)c12.O=CO. The summed E-state index contributed by atoms with van der Waals surface area (Å²) in [5, 5.41) is 24.9. The maximum atomic E-state index is 12.5. The fourth-order valence-corrected chi connectivity index (χ4v) is 3.07. The van der Waals surface area contributed by atoms with Crippen molar-refractivity contribution in [2.24, 2.45) is 5.73 Å². The van der Waals surface area contributed by atoms with Crippen molar-refractivity contribution in [2.75, 3.05) is 13.2 Å². The number of carbonyl (C=O) groups excluding carboxylic acids is 2. The van der Waals surface area contributed by atoms with Gasteiger partial charge in [0.1, 0.15) is 18.5 Å². The molecule has 0 radical (unpaired) electrons. The summed E-state index contributed by atoms with van der Waals surface area (Å²) in [6, 6.07) is 6.40. The average molecular weight is 525 g/mol. The summed E-state index contributed by atoms with van der Waals surface area (Å²) >= 11 is 0. The maximum absolute atomic E-state index is 12.5. The van der Waals surface area contributed by atoms with Gasteiger partial charge < -0.3 is 30.7 Å². The lowest BCUT2D eigenvalue weighted by atomic mass is 10.1. The van der Waals surface area contributed by atoms with Crippen molar-refractivity contribution in [1.82, 2.24) is 20.1 Å². The summed E-state index contributed by atoms with van der Waals surface area (Å²) in [4.78, 5) is 35.7. The molecule has 2 aromatic heterocycles. The van der Waals surface area contributed by atoms with E-state index in [4.69, 9.17) is 20.4 Å². The van der Waals surface area contributed by atoms with Crippen LogP contribution in [-0.2, 0) is 25.7 Å². The summed E-state index contributed by atoms with van der Waals surface area (Å²) in [6.07, 6.45) is -3.65. The molecule has 15 heteroatoms. The molecule has 0 fully saturated rings. The number of pyridine rings is 1. The Labute approximate surface area is 207 Å². The van der Waals surface area contributed by atoms with Crippen LogP contribution >= 0.6 is 0 Å². The molecule has 1 atom stereocenters. The van der Waals surface area contributed by atoms with E-state index in [1.807, 2.05) is 0 Å². The lowest BCUT2D eigenvalue weighted by Gasteiger charge is -2.13. The van der Waals surface area contributed by atoms with Crippen molar-refractivity contribution >= 4 is 29.4 Å². The molecule has 1 aromatic carbocycles. The molecule has 1 amide bonds. The Hall–Kier alpha value is -4.50. The zero-order valence-corrected chi connectivity index (χ0v) is 19.0. The third-order valence-electron chi connectivity index (χ3n) is 4.53. The Balaban J connectivity index is 0.00000153. The molecule has 3 rings (SSSR count). The highest BCUT2D eigenvalue weighted by atomic mass is 19.4. The Kier molecular flexibility index (Phi) is 10.1. The van der Waals surface area contributed by atoms with Gasteiger partial charge in [0.2, 0.25) is 5.91 Å². The van der Waals surface area contributed by atoms with Gasteiger partial charge in [-0.3, -0.25) is 14.4 Å². The number of carbonyl (C=O) groups is 3. The molecule has 37 heavy (non-hydrogen) atoms. The Morgan fingerprint density at radius 1 is 1.24 bits per heavy atom. The molecule has 0 saturated heterocycles. The predicted molar refractivity (Wildman–Crippen MR) is 121 cm³/mol. The second-order valence-corrected chi connectivity index (χ2v) is 6.93. The van der Waals surface area contributed by atoms with Gasteiger partial charge in [0.05, 0.1) is 29.9 Å². The van der Waals surface area contributed by atoms with Crippen LogP contribution in [0.15, 0.2) is 49.2 Å². The van der Waals surface area contributed by atoms with Crippen LogP contribution in [0.2, 0.25) is 0 Å². The molecule has 12 nitrogen and oxygen atoms in total. The quantitative estimate of drug-likeness (QED) is 0.181. The third-order valence-corrected chi connectivity index (χ3v) is 4.53. The summed E-state index contributed by atoms with van der Waals surface area (Å²) in [5.41, 5.74) is 6.40. The van der Waals surface area contributed by atoms with Crippen molar-refractivity contribution in [2.45, 2.75) is 19.0 Å². The zero-order chi connectivity index (χ0) is 27.6. The van der Waals surface area contributed by atoms with Crippen LogP contribution < -0.4 is 15.8 Å². The largest absolute Gasteiger partial charge is 0.573 e. The van der Waals surface area contributed by atoms with Crippen molar-refractivity contribution in [1.29, 1.82) is 0 Å². The highest BCUT2D eigenvalue weighted by Gasteiger charge is 2.31. The normalized spacial score (nSPS) is 11.6. The Morgan fingerprint density at radius 2 is 1.89 bits per heavy atom. The molecule has 2 heterocycles. The average Bonchev–Trinajstić information content (AvgIpc) is 3.24. The van der Waals surface area contributed by atoms with Crippen molar-refractivity contribution < 1.29 is 47.2 Å². The van der Waals surface area contributed by atoms with Gasteiger partial charge in [-0.05, 0) is 42.0 Å². The van der Waals surface area contributed by atoms with Crippen LogP contribution in [0.5, 0.6) is 5.75 Å². The number of aromatic nitrogens is 3. The van der Waals surface area contributed by atoms with E-state index in [1.165, 1.54) is 29.1 Å². The molecule has 0 aliphatic rings. The van der Waals surface area contributed by atoms with Gasteiger partial charge in [-0.25, -0.2) is 9.67 Å². The molecular formula is C22H22F3N5O7. The topological polar surface area (TPSA) is 179 Å². The van der Waals surface area contributed by atoms with Crippen LogP contribution in [0.4, 0.5) is 13.2 Å². The number of amides is 1. The molecule has 3 aromatic rings. The van der Waals surface area contributed by atoms with Crippen molar-refractivity contribution in [3.05, 3.63) is 60.4 Å². The number of nitrogens with one attached hydrogen (secondary N) is 1. The van der Waals surface area contributed by atoms with E-state index >= 15 is 0 Å². The number of esters is 1. The second-order valence-electron chi connectivity index (χ2n) is 6.93. The lowest BCUT2D eigenvalue weighted by Crippen LogP contribution is -2.21. The van der Waals surface area contributed by atoms with Gasteiger partial charge in [-0.1, -0.05) is 6.58 Å². The number of hydrogen-bond donors (Lipinski definition) is 4. The number of rotatable bonds is 9. The number of hydrogen-bond acceptors (Lipinski definition) is 9. The number of fused-ring (bicyclic) bond motifs is 1. The fraction of sp³-hybridized carbons (Fsp3) is 0.227. The monoisotopic (exact) mass is 525 g/mol. The molecule has 0 unspecified atom stereocenters. The molecule has 5 N–H and O–H groups in total. The van der Waals surface area contributed by atoms with E-state index in [2.05, 4.69) is 26.7 Å². The molecule has 0 bridgehead atoms. The number of nitrogens with two attached hydrogens (primary N) is 1. The van der Waals surface area contributed by atoms with E-state index in [0.29, 0.717) is 22.3 Å². The first-order chi connectivity index (χ1) is 17.5. The molecule has 0 saturated carbocycles. The summed E-state index contributed by atoms with van der Waals surface area (Å²) in [6.45, 7) is 2.31. The Morgan fingerprint density at radius 3 is 2.46 bits per heavy atom. The van der Waals surface area contributed by atoms with Gasteiger partial charge in [-0.15, -0.1) is 13.2 Å². The van der Waals surface area contributed by atoms with Crippen LogP contribution in [0.25, 0.3) is 16.7 Å². The predicted octanol–water partition coefficient (Wildman–Crippen LogP) is 1.36. The van der Waals surface area contributed by atoms with Crippen LogP contribution in [-0.4, -0.2) is 62.8 Å². The number of aliphatic hydroxyl groups excluding tert-OH is 1. The van der Waals surface area contributed by atoms with E-state index in [1.54, 1.807) is 0 Å². The molecule has 198 valence electrons. The van der Waals surface area contributed by atoms with Gasteiger partial charge in [0.25, 0.3) is 6.47 Å². The van der Waals surface area contributed by atoms with Crippen molar-refractivity contribution in [3.63, 3.8) is 0 Å². The number of ether oxygens (including phenoxy) is 2. The van der Waals surface area contributed by atoms with E-state index in [0.717, 1.165) is 18.2 Å². The van der Waals surface area contributed by atoms with Crippen LogP contribution in [0.1, 0.15) is 17.4 Å². The summed E-state index contributed by atoms with van der Waals surface area (Å²) in [7, 11) is 0. The van der Waals surface area contributed by atoms with Crippen molar-refractivity contribution in [3.8, 4) is 11.4 Å². The highest BCUT2D eigenvalue weighted by molar-refractivity contribution is 5.88. The first-order valence-corrected chi connectivity index (χ1v) is 10.3. The fourth-order valence-electron chi connectivity index (χ4n) is 3.07. The molecular weight excluding hydrogens is 503 g/mol. The number of carboxylic acid groups (broad SMARTS) is 1. The van der Waals surface area contributed by atoms with E-state index < -0.39 is 30.1 Å². The molecule has 0 aliphatic heterocycles. The first-order valence-electron chi connectivity index (χ1n) is 10.3. The smallest absolute Gasteiger partial charge is 0.483 e. The number of benzene rings is 1.